The molecule has 0 heterocycles. The summed E-state index contributed by atoms with van der Waals surface area (Å²) in [6, 6.07) is 10.1. The Kier molecular flexibility index (Phi) is 8.05. The van der Waals surface area contributed by atoms with Gasteiger partial charge in [-0.25, -0.2) is 0 Å². The molecule has 1 aromatic carbocycles. The summed E-state index contributed by atoms with van der Waals surface area (Å²) in [5.41, 5.74) is 0.631. The van der Waals surface area contributed by atoms with Gasteiger partial charge < -0.3 is 9.84 Å². The second-order valence-corrected chi connectivity index (χ2v) is 7.85. The Morgan fingerprint density at radius 1 is 1.19 bits per heavy atom. The minimum atomic E-state index is -0.468. The van der Waals surface area contributed by atoms with Crippen molar-refractivity contribution in [1.29, 1.82) is 0 Å². The van der Waals surface area contributed by atoms with E-state index >= 15 is 0 Å². The first-order valence-corrected chi connectivity index (χ1v) is 10.0. The molecule has 2 rings (SSSR count). The summed E-state index contributed by atoms with van der Waals surface area (Å²) in [6.45, 7) is 6.20. The van der Waals surface area contributed by atoms with Gasteiger partial charge in [0.25, 0.3) is 0 Å². The van der Waals surface area contributed by atoms with Crippen molar-refractivity contribution in [3.8, 4) is 0 Å². The molecule has 1 aliphatic rings. The van der Waals surface area contributed by atoms with Gasteiger partial charge >= 0.3 is 0 Å². The topological polar surface area (TPSA) is 46.5 Å². The number of hydrogen-bond donors (Lipinski definition) is 1. The number of ketones is 1. The van der Waals surface area contributed by atoms with E-state index in [9.17, 15) is 9.90 Å². The molecule has 1 aliphatic carbocycles. The number of carbonyl (C=O) groups is 1. The number of ether oxygens (including phenoxy) is 1. The average molecular weight is 359 g/mol. The number of hydrogen-bond acceptors (Lipinski definition) is 3. The molecule has 2 unspecified atom stereocenters. The number of carbonyl (C=O) groups excluding carboxylic acids is 1. The molecule has 3 atom stereocenters. The highest BCUT2D eigenvalue weighted by atomic mass is 16.5. The number of Topliss-reactive ketones (excluding diaryl/α,β-unsaturated/α-hetero) is 1. The number of rotatable bonds is 10. The lowest BCUT2D eigenvalue weighted by Gasteiger charge is -2.32. The Morgan fingerprint density at radius 2 is 1.92 bits per heavy atom. The van der Waals surface area contributed by atoms with Crippen molar-refractivity contribution in [3.05, 3.63) is 48.0 Å². The van der Waals surface area contributed by atoms with Crippen LogP contribution in [0.3, 0.4) is 0 Å². The molecule has 0 spiro atoms. The third kappa shape index (κ3) is 5.52. The van der Waals surface area contributed by atoms with Crippen LogP contribution in [0.5, 0.6) is 0 Å². The Balaban J connectivity index is 2.04. The molecular formula is C23H34O3. The van der Waals surface area contributed by atoms with E-state index in [-0.39, 0.29) is 30.3 Å². The van der Waals surface area contributed by atoms with Gasteiger partial charge in [-0.05, 0) is 32.3 Å². The van der Waals surface area contributed by atoms with Gasteiger partial charge in [0.05, 0.1) is 18.3 Å². The summed E-state index contributed by atoms with van der Waals surface area (Å²) in [4.78, 5) is 12.3. The van der Waals surface area contributed by atoms with Crippen LogP contribution in [0, 0.1) is 11.8 Å². The van der Waals surface area contributed by atoms with Crippen LogP contribution in [0.2, 0.25) is 0 Å². The number of benzene rings is 1. The van der Waals surface area contributed by atoms with Gasteiger partial charge in [-0.2, -0.15) is 0 Å². The molecule has 1 aromatic rings. The van der Waals surface area contributed by atoms with Crippen LogP contribution in [0.4, 0.5) is 0 Å². The number of aliphatic hydroxyl groups is 1. The fraction of sp³-hybridized carbons (Fsp3) is 0.609. The lowest BCUT2D eigenvalue weighted by Crippen LogP contribution is -2.32. The Bertz CT molecular complexity index is 576. The van der Waals surface area contributed by atoms with Crippen molar-refractivity contribution >= 4 is 5.78 Å². The molecule has 3 heteroatoms. The Morgan fingerprint density at radius 3 is 2.58 bits per heavy atom. The Labute approximate surface area is 158 Å². The van der Waals surface area contributed by atoms with Crippen molar-refractivity contribution in [2.45, 2.75) is 71.0 Å². The molecule has 0 bridgehead atoms. The Hall–Kier alpha value is -1.45. The van der Waals surface area contributed by atoms with E-state index < -0.39 is 5.60 Å². The SMILES string of the molecule is CCCCCC/C=C/[C@H]1C(OC(C)(C)c2ccccc2)CC(=O)C1CO. The molecule has 0 saturated heterocycles. The molecule has 1 saturated carbocycles. The van der Waals surface area contributed by atoms with Crippen molar-refractivity contribution in [3.63, 3.8) is 0 Å². The fourth-order valence-corrected chi connectivity index (χ4v) is 3.79. The molecule has 0 aromatic heterocycles. The van der Waals surface area contributed by atoms with Crippen LogP contribution in [-0.2, 0) is 15.1 Å². The highest BCUT2D eigenvalue weighted by Crippen LogP contribution is 2.37. The van der Waals surface area contributed by atoms with Gasteiger partial charge in [0.1, 0.15) is 5.78 Å². The average Bonchev–Trinajstić information content (AvgIpc) is 2.92. The summed E-state index contributed by atoms with van der Waals surface area (Å²) < 4.78 is 6.41. The predicted octanol–water partition coefficient (Wildman–Crippen LogP) is 5.03. The molecule has 26 heavy (non-hydrogen) atoms. The van der Waals surface area contributed by atoms with E-state index in [4.69, 9.17) is 4.74 Å². The lowest BCUT2D eigenvalue weighted by molar-refractivity contribution is -0.122. The molecule has 144 valence electrons. The van der Waals surface area contributed by atoms with Crippen LogP contribution in [0.1, 0.15) is 64.9 Å². The van der Waals surface area contributed by atoms with Gasteiger partial charge in [-0.3, -0.25) is 4.79 Å². The number of unbranched alkanes of at least 4 members (excludes halogenated alkanes) is 4. The van der Waals surface area contributed by atoms with Gasteiger partial charge in [0, 0.05) is 18.3 Å². The van der Waals surface area contributed by atoms with Crippen molar-refractivity contribution in [2.24, 2.45) is 11.8 Å². The summed E-state index contributed by atoms with van der Waals surface area (Å²) in [5, 5.41) is 9.70. The maximum absolute atomic E-state index is 12.3. The van der Waals surface area contributed by atoms with Crippen LogP contribution in [0.25, 0.3) is 0 Å². The van der Waals surface area contributed by atoms with Crippen molar-refractivity contribution in [2.75, 3.05) is 6.61 Å². The van der Waals surface area contributed by atoms with Crippen LogP contribution < -0.4 is 0 Å². The maximum atomic E-state index is 12.3. The first kappa shape index (κ1) is 20.9. The summed E-state index contributed by atoms with van der Waals surface area (Å²) in [5.74, 6) is -0.262. The summed E-state index contributed by atoms with van der Waals surface area (Å²) >= 11 is 0. The minimum absolute atomic E-state index is 0.0401. The predicted molar refractivity (Wildman–Crippen MR) is 106 cm³/mol. The van der Waals surface area contributed by atoms with E-state index in [1.54, 1.807) is 0 Å². The summed E-state index contributed by atoms with van der Waals surface area (Å²) in [7, 11) is 0. The zero-order valence-electron chi connectivity index (χ0n) is 16.5. The van der Waals surface area contributed by atoms with E-state index in [0.717, 1.165) is 12.0 Å². The normalized spacial score (nSPS) is 23.8. The largest absolute Gasteiger partial charge is 0.396 e. The highest BCUT2D eigenvalue weighted by molar-refractivity contribution is 5.84. The fourth-order valence-electron chi connectivity index (χ4n) is 3.79. The van der Waals surface area contributed by atoms with Gasteiger partial charge in [-0.15, -0.1) is 0 Å². The second-order valence-electron chi connectivity index (χ2n) is 7.85. The van der Waals surface area contributed by atoms with E-state index in [1.165, 1.54) is 25.7 Å². The van der Waals surface area contributed by atoms with Crippen LogP contribution >= 0.6 is 0 Å². The van der Waals surface area contributed by atoms with E-state index in [1.807, 2.05) is 32.0 Å². The molecule has 0 aliphatic heterocycles. The second kappa shape index (κ2) is 10.0. The van der Waals surface area contributed by atoms with Crippen molar-refractivity contribution < 1.29 is 14.6 Å². The summed E-state index contributed by atoms with van der Waals surface area (Å²) in [6.07, 6.45) is 10.4. The molecule has 0 amide bonds. The third-order valence-electron chi connectivity index (χ3n) is 5.40. The quantitative estimate of drug-likeness (QED) is 0.471. The molecule has 0 radical (unpaired) electrons. The van der Waals surface area contributed by atoms with Crippen LogP contribution in [0.15, 0.2) is 42.5 Å². The number of aliphatic hydroxyl groups excluding tert-OH is 1. The molecule has 1 N–H and O–H groups in total. The van der Waals surface area contributed by atoms with E-state index in [0.29, 0.717) is 6.42 Å². The monoisotopic (exact) mass is 358 g/mol. The minimum Gasteiger partial charge on any atom is -0.396 e. The zero-order valence-corrected chi connectivity index (χ0v) is 16.5. The molecular weight excluding hydrogens is 324 g/mol. The number of allylic oxidation sites excluding steroid dienone is 1. The first-order chi connectivity index (χ1) is 12.5. The highest BCUT2D eigenvalue weighted by Gasteiger charge is 2.43. The zero-order chi connectivity index (χ0) is 19.0. The smallest absolute Gasteiger partial charge is 0.141 e. The van der Waals surface area contributed by atoms with E-state index in [2.05, 4.69) is 31.2 Å². The third-order valence-corrected chi connectivity index (χ3v) is 5.40. The standard InChI is InChI=1S/C23H34O3/c1-4-5-6-7-8-12-15-19-20(17-24)21(25)16-22(19)26-23(2,3)18-13-10-9-11-14-18/h9-15,19-20,22,24H,4-8,16-17H2,1-3H3/b15-12+/t19-,20?,22?/m1/s1. The maximum Gasteiger partial charge on any atom is 0.141 e. The van der Waals surface area contributed by atoms with Gasteiger partial charge in [0.2, 0.25) is 0 Å². The first-order valence-electron chi connectivity index (χ1n) is 10.0. The molecule has 3 nitrogen and oxygen atoms in total. The van der Waals surface area contributed by atoms with Crippen molar-refractivity contribution in [1.82, 2.24) is 0 Å². The van der Waals surface area contributed by atoms with Gasteiger partial charge in [-0.1, -0.05) is 68.7 Å². The van der Waals surface area contributed by atoms with Crippen LogP contribution in [-0.4, -0.2) is 23.6 Å². The lowest BCUT2D eigenvalue weighted by atomic mass is 9.92. The van der Waals surface area contributed by atoms with Gasteiger partial charge in [0.15, 0.2) is 0 Å². The molecule has 1 fully saturated rings.